The standard InChI is InChI=1S/C20H18N6O2/c1-28-13-4-2-3-12(7-13)17-16-9-26(19(25)27)6-5-14(16)15(8-21)18(24)20(17,10-22)11-23/h2-5,7,16-17H,6,9,24H2,1H3,(H2,25,27)/t16-,17+/m1/s1. The zero-order chi connectivity index (χ0) is 20.5. The maximum atomic E-state index is 11.8. The highest BCUT2D eigenvalue weighted by Crippen LogP contribution is 2.54. The van der Waals surface area contributed by atoms with Gasteiger partial charge in [0.1, 0.15) is 11.8 Å². The summed E-state index contributed by atoms with van der Waals surface area (Å²) in [6.07, 6.45) is 1.72. The van der Waals surface area contributed by atoms with Crippen molar-refractivity contribution in [2.75, 3.05) is 20.2 Å². The second-order valence-electron chi connectivity index (χ2n) is 6.70. The van der Waals surface area contributed by atoms with Gasteiger partial charge >= 0.3 is 6.03 Å². The van der Waals surface area contributed by atoms with Gasteiger partial charge in [0.2, 0.25) is 0 Å². The summed E-state index contributed by atoms with van der Waals surface area (Å²) in [4.78, 5) is 13.2. The summed E-state index contributed by atoms with van der Waals surface area (Å²) < 4.78 is 5.29. The fourth-order valence-corrected chi connectivity index (χ4v) is 4.07. The van der Waals surface area contributed by atoms with Gasteiger partial charge in [0, 0.05) is 24.9 Å². The van der Waals surface area contributed by atoms with Crippen LogP contribution in [0, 0.1) is 45.3 Å². The average Bonchev–Trinajstić information content (AvgIpc) is 2.72. The Balaban J connectivity index is 2.31. The third kappa shape index (κ3) is 2.62. The van der Waals surface area contributed by atoms with E-state index in [4.69, 9.17) is 16.2 Å². The lowest BCUT2D eigenvalue weighted by Crippen LogP contribution is -2.50. The summed E-state index contributed by atoms with van der Waals surface area (Å²) in [5.41, 5.74) is 11.3. The Morgan fingerprint density at radius 1 is 1.32 bits per heavy atom. The maximum absolute atomic E-state index is 11.8. The number of urea groups is 1. The number of nitriles is 3. The van der Waals surface area contributed by atoms with E-state index in [-0.39, 0.29) is 24.4 Å². The molecule has 8 heteroatoms. The van der Waals surface area contributed by atoms with Crippen LogP contribution >= 0.6 is 0 Å². The molecule has 0 unspecified atom stereocenters. The number of carbonyl (C=O) groups is 1. The number of hydrogen-bond acceptors (Lipinski definition) is 6. The Morgan fingerprint density at radius 2 is 2.04 bits per heavy atom. The van der Waals surface area contributed by atoms with Gasteiger partial charge in [-0.3, -0.25) is 0 Å². The predicted octanol–water partition coefficient (Wildman–Crippen LogP) is 1.50. The molecule has 8 nitrogen and oxygen atoms in total. The Bertz CT molecular complexity index is 1010. The van der Waals surface area contributed by atoms with E-state index >= 15 is 0 Å². The van der Waals surface area contributed by atoms with E-state index in [1.807, 2.05) is 18.2 Å². The van der Waals surface area contributed by atoms with E-state index in [0.29, 0.717) is 16.9 Å². The van der Waals surface area contributed by atoms with Crippen molar-refractivity contribution in [3.8, 4) is 24.0 Å². The molecule has 1 aliphatic heterocycles. The molecule has 0 bridgehead atoms. The maximum Gasteiger partial charge on any atom is 0.315 e. The summed E-state index contributed by atoms with van der Waals surface area (Å²) in [6, 6.07) is 12.5. The van der Waals surface area contributed by atoms with Crippen molar-refractivity contribution in [1.82, 2.24) is 4.90 Å². The highest BCUT2D eigenvalue weighted by atomic mass is 16.5. The van der Waals surface area contributed by atoms with Crippen LogP contribution in [0.1, 0.15) is 11.5 Å². The minimum Gasteiger partial charge on any atom is -0.497 e. The largest absolute Gasteiger partial charge is 0.497 e. The number of nitrogens with two attached hydrogens (primary N) is 2. The minimum absolute atomic E-state index is 0.0668. The van der Waals surface area contributed by atoms with E-state index < -0.39 is 23.3 Å². The van der Waals surface area contributed by atoms with E-state index in [1.165, 1.54) is 12.0 Å². The van der Waals surface area contributed by atoms with Crippen LogP contribution in [0.5, 0.6) is 5.75 Å². The quantitative estimate of drug-likeness (QED) is 0.800. The fraction of sp³-hybridized carbons (Fsp3) is 0.300. The molecule has 1 aliphatic carbocycles. The molecule has 0 saturated heterocycles. The number of allylic oxidation sites excluding steroid dienone is 2. The number of rotatable bonds is 2. The number of amides is 2. The molecular weight excluding hydrogens is 356 g/mol. The molecule has 28 heavy (non-hydrogen) atoms. The highest BCUT2D eigenvalue weighted by Gasteiger charge is 2.54. The Labute approximate surface area is 162 Å². The van der Waals surface area contributed by atoms with Crippen molar-refractivity contribution in [3.05, 3.63) is 52.7 Å². The lowest BCUT2D eigenvalue weighted by atomic mass is 9.58. The molecule has 0 radical (unpaired) electrons. The van der Waals surface area contributed by atoms with Gasteiger partial charge in [0.15, 0.2) is 5.41 Å². The van der Waals surface area contributed by atoms with Gasteiger partial charge in [-0.05, 0) is 23.3 Å². The van der Waals surface area contributed by atoms with Gasteiger partial charge in [-0.15, -0.1) is 0 Å². The molecule has 2 amide bonds. The van der Waals surface area contributed by atoms with Crippen molar-refractivity contribution >= 4 is 6.03 Å². The van der Waals surface area contributed by atoms with Crippen LogP contribution in [-0.4, -0.2) is 31.1 Å². The number of methoxy groups -OCH3 is 1. The van der Waals surface area contributed by atoms with Crippen LogP contribution in [0.4, 0.5) is 4.79 Å². The molecule has 2 atom stereocenters. The van der Waals surface area contributed by atoms with Crippen LogP contribution < -0.4 is 16.2 Å². The second kappa shape index (κ2) is 6.98. The average molecular weight is 374 g/mol. The number of carbonyl (C=O) groups excluding carboxylic acids is 1. The first-order valence-corrected chi connectivity index (χ1v) is 8.55. The molecule has 1 aromatic rings. The summed E-state index contributed by atoms with van der Waals surface area (Å²) in [5, 5.41) is 29.7. The van der Waals surface area contributed by atoms with Gasteiger partial charge in [-0.1, -0.05) is 18.2 Å². The second-order valence-corrected chi connectivity index (χ2v) is 6.70. The molecule has 0 fully saturated rings. The summed E-state index contributed by atoms with van der Waals surface area (Å²) in [5.74, 6) is -0.637. The van der Waals surface area contributed by atoms with Crippen LogP contribution in [0.2, 0.25) is 0 Å². The van der Waals surface area contributed by atoms with Crippen molar-refractivity contribution in [3.63, 3.8) is 0 Å². The van der Waals surface area contributed by atoms with Gasteiger partial charge in [-0.25, -0.2) is 4.79 Å². The molecule has 1 heterocycles. The van der Waals surface area contributed by atoms with Crippen molar-refractivity contribution in [2.24, 2.45) is 22.8 Å². The van der Waals surface area contributed by atoms with Gasteiger partial charge in [0.25, 0.3) is 0 Å². The molecule has 3 rings (SSSR count). The number of primary amides is 1. The molecule has 0 aromatic heterocycles. The molecule has 2 aliphatic rings. The van der Waals surface area contributed by atoms with Crippen molar-refractivity contribution in [2.45, 2.75) is 5.92 Å². The van der Waals surface area contributed by atoms with E-state index in [0.717, 1.165) is 0 Å². The fourth-order valence-electron chi connectivity index (χ4n) is 4.07. The summed E-state index contributed by atoms with van der Waals surface area (Å²) >= 11 is 0. The molecule has 0 saturated carbocycles. The first-order valence-electron chi connectivity index (χ1n) is 8.55. The Kier molecular flexibility index (Phi) is 4.69. The first kappa shape index (κ1) is 18.8. The van der Waals surface area contributed by atoms with E-state index in [2.05, 4.69) is 0 Å². The Morgan fingerprint density at radius 3 is 2.61 bits per heavy atom. The molecule has 4 N–H and O–H groups in total. The highest BCUT2D eigenvalue weighted by molar-refractivity contribution is 5.73. The molecule has 0 spiro atoms. The lowest BCUT2D eigenvalue weighted by molar-refractivity contribution is 0.190. The number of hydrogen-bond donors (Lipinski definition) is 2. The smallest absolute Gasteiger partial charge is 0.315 e. The van der Waals surface area contributed by atoms with Crippen LogP contribution in [-0.2, 0) is 0 Å². The van der Waals surface area contributed by atoms with Gasteiger partial charge in [-0.2, -0.15) is 15.8 Å². The third-order valence-electron chi connectivity index (χ3n) is 5.43. The SMILES string of the molecule is COc1cccc([C@H]2[C@@H]3CN(C(N)=O)CC=C3C(C#N)=C(N)C2(C#N)C#N)c1. The van der Waals surface area contributed by atoms with E-state index in [1.54, 1.807) is 30.3 Å². The van der Waals surface area contributed by atoms with Crippen LogP contribution in [0.15, 0.2) is 47.2 Å². The summed E-state index contributed by atoms with van der Waals surface area (Å²) in [6.45, 7) is 0.406. The number of benzene rings is 1. The zero-order valence-electron chi connectivity index (χ0n) is 15.2. The Hall–Kier alpha value is -3.96. The minimum atomic E-state index is -1.76. The molecule has 140 valence electrons. The van der Waals surface area contributed by atoms with Crippen LogP contribution in [0.25, 0.3) is 0 Å². The van der Waals surface area contributed by atoms with Crippen molar-refractivity contribution in [1.29, 1.82) is 15.8 Å². The zero-order valence-corrected chi connectivity index (χ0v) is 15.2. The van der Waals surface area contributed by atoms with Crippen LogP contribution in [0.3, 0.4) is 0 Å². The first-order chi connectivity index (χ1) is 13.4. The molecule has 1 aromatic carbocycles. The van der Waals surface area contributed by atoms with Gasteiger partial charge < -0.3 is 21.1 Å². The summed E-state index contributed by atoms with van der Waals surface area (Å²) in [7, 11) is 1.52. The topological polar surface area (TPSA) is 153 Å². The lowest BCUT2D eigenvalue weighted by Gasteiger charge is -2.45. The van der Waals surface area contributed by atoms with E-state index in [9.17, 15) is 20.6 Å². The number of ether oxygens (including phenoxy) is 1. The number of fused-ring (bicyclic) bond motifs is 1. The predicted molar refractivity (Wildman–Crippen MR) is 98.9 cm³/mol. The monoisotopic (exact) mass is 374 g/mol. The van der Waals surface area contributed by atoms with Gasteiger partial charge in [0.05, 0.1) is 30.5 Å². The molecular formula is C20H18N6O2. The third-order valence-corrected chi connectivity index (χ3v) is 5.43. The van der Waals surface area contributed by atoms with Crippen molar-refractivity contribution < 1.29 is 9.53 Å². The normalized spacial score (nSPS) is 22.8. The number of nitrogens with zero attached hydrogens (tertiary/aromatic N) is 4.